The summed E-state index contributed by atoms with van der Waals surface area (Å²) >= 11 is 0. The Bertz CT molecular complexity index is 355. The van der Waals surface area contributed by atoms with E-state index in [2.05, 4.69) is 18.3 Å². The largest absolute Gasteiger partial charge is 0.464 e. The molecule has 102 valence electrons. The monoisotopic (exact) mass is 251 g/mol. The number of nitrogens with one attached hydrogen (secondary N) is 1. The molecule has 1 saturated carbocycles. The minimum atomic E-state index is 0.605. The molecule has 1 fully saturated rings. The van der Waals surface area contributed by atoms with Crippen molar-refractivity contribution in [2.45, 2.75) is 65.1 Å². The highest BCUT2D eigenvalue weighted by atomic mass is 16.5. The molecule has 1 aliphatic carbocycles. The highest BCUT2D eigenvalue weighted by Crippen LogP contribution is 2.21. The zero-order chi connectivity index (χ0) is 12.8. The van der Waals surface area contributed by atoms with Gasteiger partial charge in [-0.1, -0.05) is 19.8 Å². The number of unbranched alkanes of at least 4 members (excludes halogenated alkanes) is 2. The molecular formula is C15H25NO2. The van der Waals surface area contributed by atoms with Crippen LogP contribution in [0.3, 0.4) is 0 Å². The predicted octanol–water partition coefficient (Wildman–Crippen LogP) is 3.55. The number of rotatable bonds is 9. The first kappa shape index (κ1) is 13.6. The Morgan fingerprint density at radius 2 is 2.22 bits per heavy atom. The molecule has 1 heterocycles. The van der Waals surface area contributed by atoms with Crippen LogP contribution in [0.1, 0.15) is 56.1 Å². The lowest BCUT2D eigenvalue weighted by Gasteiger charge is -2.00. The summed E-state index contributed by atoms with van der Waals surface area (Å²) in [7, 11) is 0. The lowest BCUT2D eigenvalue weighted by Crippen LogP contribution is -2.15. The van der Waals surface area contributed by atoms with Gasteiger partial charge in [0.15, 0.2) is 0 Å². The van der Waals surface area contributed by atoms with E-state index in [9.17, 15) is 0 Å². The van der Waals surface area contributed by atoms with Crippen molar-refractivity contribution in [3.05, 3.63) is 23.2 Å². The molecule has 18 heavy (non-hydrogen) atoms. The van der Waals surface area contributed by atoms with E-state index in [1.54, 1.807) is 0 Å². The van der Waals surface area contributed by atoms with Crippen molar-refractivity contribution in [2.24, 2.45) is 0 Å². The molecule has 2 rings (SSSR count). The summed E-state index contributed by atoms with van der Waals surface area (Å²) in [5.41, 5.74) is 1.27. The van der Waals surface area contributed by atoms with E-state index in [4.69, 9.17) is 9.15 Å². The standard InChI is InChI=1S/C15H25NO2/c1-3-4-5-8-17-11-15-9-13(12(2)18-15)10-16-14-6-7-14/h9,14,16H,3-8,10-11H2,1-2H3. The molecule has 0 spiro atoms. The van der Waals surface area contributed by atoms with E-state index >= 15 is 0 Å². The maximum absolute atomic E-state index is 5.71. The third-order valence-corrected chi connectivity index (χ3v) is 3.37. The fourth-order valence-electron chi connectivity index (χ4n) is 2.00. The first-order chi connectivity index (χ1) is 8.79. The van der Waals surface area contributed by atoms with Gasteiger partial charge in [-0.3, -0.25) is 0 Å². The highest BCUT2D eigenvalue weighted by Gasteiger charge is 2.20. The number of ether oxygens (including phenoxy) is 1. The van der Waals surface area contributed by atoms with Crippen LogP contribution >= 0.6 is 0 Å². The topological polar surface area (TPSA) is 34.4 Å². The smallest absolute Gasteiger partial charge is 0.130 e. The van der Waals surface area contributed by atoms with E-state index in [1.807, 2.05) is 6.92 Å². The number of furan rings is 1. The molecule has 0 bridgehead atoms. The van der Waals surface area contributed by atoms with E-state index in [0.29, 0.717) is 6.61 Å². The molecule has 0 saturated heterocycles. The molecule has 0 aromatic carbocycles. The number of aryl methyl sites for hydroxylation is 1. The van der Waals surface area contributed by atoms with Gasteiger partial charge in [0.05, 0.1) is 0 Å². The Kier molecular flexibility index (Phi) is 5.26. The van der Waals surface area contributed by atoms with Crippen molar-refractivity contribution in [1.29, 1.82) is 0 Å². The van der Waals surface area contributed by atoms with Crippen molar-refractivity contribution >= 4 is 0 Å². The summed E-state index contributed by atoms with van der Waals surface area (Å²) in [4.78, 5) is 0. The average molecular weight is 251 g/mol. The molecule has 0 aliphatic heterocycles. The maximum atomic E-state index is 5.71. The summed E-state index contributed by atoms with van der Waals surface area (Å²) < 4.78 is 11.3. The van der Waals surface area contributed by atoms with Crippen LogP contribution in [0, 0.1) is 6.92 Å². The van der Waals surface area contributed by atoms with Crippen molar-refractivity contribution in [1.82, 2.24) is 5.32 Å². The molecule has 0 unspecified atom stereocenters. The Balaban J connectivity index is 1.69. The summed E-state index contributed by atoms with van der Waals surface area (Å²) in [5, 5.41) is 3.51. The molecule has 3 heteroatoms. The SMILES string of the molecule is CCCCCOCc1cc(CNC2CC2)c(C)o1. The summed E-state index contributed by atoms with van der Waals surface area (Å²) in [6, 6.07) is 2.87. The second kappa shape index (κ2) is 6.95. The fraction of sp³-hybridized carbons (Fsp3) is 0.733. The summed E-state index contributed by atoms with van der Waals surface area (Å²) in [5.74, 6) is 1.98. The van der Waals surface area contributed by atoms with Crippen LogP contribution < -0.4 is 5.32 Å². The molecule has 1 N–H and O–H groups in total. The zero-order valence-electron chi connectivity index (χ0n) is 11.6. The van der Waals surface area contributed by atoms with Crippen LogP contribution in [0.4, 0.5) is 0 Å². The van der Waals surface area contributed by atoms with Gasteiger partial charge in [-0.05, 0) is 32.3 Å². The van der Waals surface area contributed by atoms with Gasteiger partial charge in [-0.25, -0.2) is 0 Å². The lowest BCUT2D eigenvalue weighted by atomic mass is 10.2. The molecule has 0 atom stereocenters. The van der Waals surface area contributed by atoms with Gasteiger partial charge in [0.1, 0.15) is 18.1 Å². The quantitative estimate of drug-likeness (QED) is 0.682. The van der Waals surface area contributed by atoms with Crippen LogP contribution in [0.5, 0.6) is 0 Å². The molecule has 3 nitrogen and oxygen atoms in total. The molecule has 1 aliphatic rings. The van der Waals surface area contributed by atoms with E-state index in [-0.39, 0.29) is 0 Å². The molecule has 0 amide bonds. The zero-order valence-corrected chi connectivity index (χ0v) is 11.6. The molecule has 0 radical (unpaired) electrons. The van der Waals surface area contributed by atoms with Crippen molar-refractivity contribution in [3.8, 4) is 0 Å². The van der Waals surface area contributed by atoms with E-state index < -0.39 is 0 Å². The highest BCUT2D eigenvalue weighted by molar-refractivity contribution is 5.20. The number of hydrogen-bond acceptors (Lipinski definition) is 3. The normalized spacial score (nSPS) is 15.2. The van der Waals surface area contributed by atoms with Gasteiger partial charge < -0.3 is 14.5 Å². The first-order valence-corrected chi connectivity index (χ1v) is 7.19. The molecule has 1 aromatic heterocycles. The van der Waals surface area contributed by atoms with Gasteiger partial charge in [-0.2, -0.15) is 0 Å². The summed E-state index contributed by atoms with van der Waals surface area (Å²) in [6.07, 6.45) is 6.27. The Labute approximate surface area is 110 Å². The third kappa shape index (κ3) is 4.46. The second-order valence-corrected chi connectivity index (χ2v) is 5.21. The van der Waals surface area contributed by atoms with Crippen LogP contribution in [0.15, 0.2) is 10.5 Å². The van der Waals surface area contributed by atoms with Crippen molar-refractivity contribution in [3.63, 3.8) is 0 Å². The van der Waals surface area contributed by atoms with E-state index in [0.717, 1.165) is 37.1 Å². The summed E-state index contributed by atoms with van der Waals surface area (Å²) in [6.45, 7) is 6.60. The van der Waals surface area contributed by atoms with Gasteiger partial charge in [0, 0.05) is 24.8 Å². The van der Waals surface area contributed by atoms with Crippen LogP contribution in [-0.2, 0) is 17.9 Å². The van der Waals surface area contributed by atoms with Gasteiger partial charge in [-0.15, -0.1) is 0 Å². The second-order valence-electron chi connectivity index (χ2n) is 5.21. The first-order valence-electron chi connectivity index (χ1n) is 7.19. The Morgan fingerprint density at radius 3 is 2.94 bits per heavy atom. The minimum absolute atomic E-state index is 0.605. The third-order valence-electron chi connectivity index (χ3n) is 3.37. The van der Waals surface area contributed by atoms with Crippen molar-refractivity contribution in [2.75, 3.05) is 6.61 Å². The maximum Gasteiger partial charge on any atom is 0.130 e. The van der Waals surface area contributed by atoms with E-state index in [1.165, 1.54) is 31.2 Å². The Hall–Kier alpha value is -0.800. The predicted molar refractivity (Wildman–Crippen MR) is 72.5 cm³/mol. The molecular weight excluding hydrogens is 226 g/mol. The van der Waals surface area contributed by atoms with Gasteiger partial charge in [0.25, 0.3) is 0 Å². The van der Waals surface area contributed by atoms with Crippen LogP contribution in [0.25, 0.3) is 0 Å². The minimum Gasteiger partial charge on any atom is -0.464 e. The fourth-order valence-corrected chi connectivity index (χ4v) is 2.00. The number of hydrogen-bond donors (Lipinski definition) is 1. The van der Waals surface area contributed by atoms with Gasteiger partial charge in [0.2, 0.25) is 0 Å². The van der Waals surface area contributed by atoms with Crippen LogP contribution in [0.2, 0.25) is 0 Å². The lowest BCUT2D eigenvalue weighted by molar-refractivity contribution is 0.102. The molecule has 1 aromatic rings. The van der Waals surface area contributed by atoms with Gasteiger partial charge >= 0.3 is 0 Å². The van der Waals surface area contributed by atoms with Crippen molar-refractivity contribution < 1.29 is 9.15 Å². The van der Waals surface area contributed by atoms with Crippen LogP contribution in [-0.4, -0.2) is 12.6 Å². The average Bonchev–Trinajstić information content (AvgIpc) is 3.11. The Morgan fingerprint density at radius 1 is 1.39 bits per heavy atom.